The van der Waals surface area contributed by atoms with Crippen molar-refractivity contribution in [1.82, 2.24) is 0 Å². The van der Waals surface area contributed by atoms with Crippen molar-refractivity contribution in [2.45, 2.75) is 34.1 Å². The highest BCUT2D eigenvalue weighted by molar-refractivity contribution is 7.10. The normalized spacial score (nSPS) is 9.09. The molecule has 0 radical (unpaired) electrons. The molecule has 0 spiro atoms. The summed E-state index contributed by atoms with van der Waals surface area (Å²) in [5.74, 6) is 0. The van der Waals surface area contributed by atoms with E-state index in [1.165, 1.54) is 21.6 Å². The maximum absolute atomic E-state index is 2.18. The third-order valence-corrected chi connectivity index (χ3v) is 4.04. The average molecular weight is 311 g/mol. The van der Waals surface area contributed by atoms with Gasteiger partial charge in [0.1, 0.15) is 0 Å². The van der Waals surface area contributed by atoms with E-state index in [0.717, 1.165) is 6.42 Å². The van der Waals surface area contributed by atoms with Crippen molar-refractivity contribution in [3.8, 4) is 11.1 Å². The molecule has 3 aromatic rings. The topological polar surface area (TPSA) is 0 Å². The van der Waals surface area contributed by atoms with Gasteiger partial charge in [-0.05, 0) is 41.5 Å². The lowest BCUT2D eigenvalue weighted by Crippen LogP contribution is -1.73. The number of aryl methyl sites for hydroxylation is 2. The fraction of sp³-hybridized carbons (Fsp3) is 0.238. The largest absolute Gasteiger partial charge is 0.149 e. The van der Waals surface area contributed by atoms with E-state index in [-0.39, 0.29) is 0 Å². The molecule has 0 aliphatic carbocycles. The van der Waals surface area contributed by atoms with Gasteiger partial charge in [0.15, 0.2) is 0 Å². The predicted octanol–water partition coefficient (Wildman–Crippen LogP) is 7.00. The molecule has 0 nitrogen and oxygen atoms in total. The monoisotopic (exact) mass is 310 g/mol. The Morgan fingerprint density at radius 2 is 1.32 bits per heavy atom. The first-order valence-corrected chi connectivity index (χ1v) is 8.82. The van der Waals surface area contributed by atoms with Crippen LogP contribution in [0.25, 0.3) is 11.1 Å². The van der Waals surface area contributed by atoms with E-state index >= 15 is 0 Å². The predicted molar refractivity (Wildman–Crippen MR) is 102 cm³/mol. The van der Waals surface area contributed by atoms with Gasteiger partial charge in [-0.2, -0.15) is 0 Å². The summed E-state index contributed by atoms with van der Waals surface area (Å²) in [4.78, 5) is 1.39. The Morgan fingerprint density at radius 3 is 1.73 bits per heavy atom. The quantitative estimate of drug-likeness (QED) is 0.478. The van der Waals surface area contributed by atoms with E-state index in [4.69, 9.17) is 0 Å². The smallest absolute Gasteiger partial charge is 0.00925 e. The first kappa shape index (κ1) is 18.2. The van der Waals surface area contributed by atoms with Crippen molar-refractivity contribution in [3.63, 3.8) is 0 Å². The minimum absolute atomic E-state index is 1.14. The van der Waals surface area contributed by atoms with Gasteiger partial charge in [0.05, 0.1) is 0 Å². The summed E-state index contributed by atoms with van der Waals surface area (Å²) in [6.45, 7) is 8.32. The summed E-state index contributed by atoms with van der Waals surface area (Å²) in [7, 11) is 0. The van der Waals surface area contributed by atoms with Crippen molar-refractivity contribution in [2.24, 2.45) is 0 Å². The van der Waals surface area contributed by atoms with Crippen LogP contribution in [-0.2, 0) is 6.42 Å². The second-order valence-electron chi connectivity index (χ2n) is 4.60. The summed E-state index contributed by atoms with van der Waals surface area (Å²) >= 11 is 1.80. The summed E-state index contributed by atoms with van der Waals surface area (Å²) in [5, 5.41) is 2.14. The van der Waals surface area contributed by atoms with Crippen LogP contribution < -0.4 is 0 Å². The molecule has 0 atom stereocenters. The van der Waals surface area contributed by atoms with Gasteiger partial charge in [-0.25, -0.2) is 0 Å². The fourth-order valence-corrected chi connectivity index (χ4v) is 2.74. The first-order chi connectivity index (χ1) is 10.8. The lowest BCUT2D eigenvalue weighted by molar-refractivity contribution is 1.14. The molecule has 116 valence electrons. The van der Waals surface area contributed by atoms with Gasteiger partial charge in [-0.15, -0.1) is 11.3 Å². The lowest BCUT2D eigenvalue weighted by Gasteiger charge is -1.97. The molecule has 0 fully saturated rings. The Morgan fingerprint density at radius 1 is 0.773 bits per heavy atom. The minimum Gasteiger partial charge on any atom is -0.149 e. The van der Waals surface area contributed by atoms with E-state index in [9.17, 15) is 0 Å². The molecule has 0 aliphatic heterocycles. The summed E-state index contributed by atoms with van der Waals surface area (Å²) in [5.41, 5.74) is 4.09. The molecular weight excluding hydrogens is 284 g/mol. The van der Waals surface area contributed by atoms with Crippen molar-refractivity contribution in [1.29, 1.82) is 0 Å². The molecule has 1 aromatic heterocycles. The maximum Gasteiger partial charge on any atom is 0.00925 e. The molecule has 0 saturated carbocycles. The molecular formula is C21H26S. The highest BCUT2D eigenvalue weighted by Gasteiger charge is 2.00. The van der Waals surface area contributed by atoms with E-state index in [0.29, 0.717) is 0 Å². The highest BCUT2D eigenvalue weighted by atomic mass is 32.1. The lowest BCUT2D eigenvalue weighted by atomic mass is 10.1. The Labute approximate surface area is 139 Å². The van der Waals surface area contributed by atoms with E-state index < -0.39 is 0 Å². The molecule has 0 aliphatic rings. The van der Waals surface area contributed by atoms with Crippen LogP contribution in [0.1, 0.15) is 31.2 Å². The zero-order valence-electron chi connectivity index (χ0n) is 14.0. The number of hydrogen-bond acceptors (Lipinski definition) is 1. The summed E-state index contributed by atoms with van der Waals surface area (Å²) < 4.78 is 0. The number of thiophene rings is 1. The van der Waals surface area contributed by atoms with Crippen LogP contribution in [0, 0.1) is 6.92 Å². The Balaban J connectivity index is 0.000000211. The average Bonchev–Trinajstić information content (AvgIpc) is 3.05. The summed E-state index contributed by atoms with van der Waals surface area (Å²) in [6, 6.07) is 23.1. The third-order valence-electron chi connectivity index (χ3n) is 3.19. The van der Waals surface area contributed by atoms with E-state index in [1.54, 1.807) is 11.3 Å². The van der Waals surface area contributed by atoms with E-state index in [1.807, 2.05) is 26.0 Å². The van der Waals surface area contributed by atoms with Crippen LogP contribution in [0.3, 0.4) is 0 Å². The van der Waals surface area contributed by atoms with Crippen LogP contribution in [0.2, 0.25) is 0 Å². The van der Waals surface area contributed by atoms with Crippen LogP contribution >= 0.6 is 11.3 Å². The third kappa shape index (κ3) is 5.87. The number of rotatable bonds is 2. The molecule has 1 heteroatoms. The Kier molecular flexibility index (Phi) is 8.94. The SMILES string of the molecule is CC.CCc1ccccc1.Cc1sccc1-c1ccccc1. The van der Waals surface area contributed by atoms with Gasteiger partial charge >= 0.3 is 0 Å². The van der Waals surface area contributed by atoms with Gasteiger partial charge < -0.3 is 0 Å². The van der Waals surface area contributed by atoms with E-state index in [2.05, 4.69) is 73.8 Å². The second kappa shape index (κ2) is 10.8. The molecule has 0 bridgehead atoms. The fourth-order valence-electron chi connectivity index (χ4n) is 2.02. The van der Waals surface area contributed by atoms with Crippen LogP contribution in [0.4, 0.5) is 0 Å². The molecule has 0 amide bonds. The Hall–Kier alpha value is -1.86. The van der Waals surface area contributed by atoms with Crippen LogP contribution in [0.15, 0.2) is 72.1 Å². The van der Waals surface area contributed by atoms with Crippen molar-refractivity contribution < 1.29 is 0 Å². The van der Waals surface area contributed by atoms with Crippen LogP contribution in [0.5, 0.6) is 0 Å². The first-order valence-electron chi connectivity index (χ1n) is 7.94. The second-order valence-corrected chi connectivity index (χ2v) is 5.72. The molecule has 0 unspecified atom stereocenters. The summed E-state index contributed by atoms with van der Waals surface area (Å²) in [6.07, 6.45) is 1.14. The highest BCUT2D eigenvalue weighted by Crippen LogP contribution is 2.26. The number of benzene rings is 2. The molecule has 2 aromatic carbocycles. The van der Waals surface area contributed by atoms with Crippen molar-refractivity contribution >= 4 is 11.3 Å². The molecule has 0 N–H and O–H groups in total. The number of hydrogen-bond donors (Lipinski definition) is 0. The van der Waals surface area contributed by atoms with Gasteiger partial charge in [-0.3, -0.25) is 0 Å². The molecule has 22 heavy (non-hydrogen) atoms. The van der Waals surface area contributed by atoms with Gasteiger partial charge in [-0.1, -0.05) is 81.4 Å². The van der Waals surface area contributed by atoms with Gasteiger partial charge in [0.2, 0.25) is 0 Å². The Bertz CT molecular complexity index is 609. The zero-order chi connectivity index (χ0) is 16.2. The van der Waals surface area contributed by atoms with Crippen molar-refractivity contribution in [3.05, 3.63) is 82.6 Å². The molecule has 1 heterocycles. The van der Waals surface area contributed by atoms with Crippen molar-refractivity contribution in [2.75, 3.05) is 0 Å². The zero-order valence-corrected chi connectivity index (χ0v) is 14.9. The minimum atomic E-state index is 1.14. The standard InChI is InChI=1S/C11H10S.C8H10.C2H6/c1-9-11(7-8-12-9)10-5-3-2-4-6-10;1-2-8-6-4-3-5-7-8;1-2/h2-8H,1H3;3-7H,2H2,1H3;1-2H3. The molecule has 0 saturated heterocycles. The van der Waals surface area contributed by atoms with Gasteiger partial charge in [0, 0.05) is 4.88 Å². The maximum atomic E-state index is 2.18. The molecule has 3 rings (SSSR count). The van der Waals surface area contributed by atoms with Gasteiger partial charge in [0.25, 0.3) is 0 Å². The van der Waals surface area contributed by atoms with Crippen LogP contribution in [-0.4, -0.2) is 0 Å².